The van der Waals surface area contributed by atoms with Gasteiger partial charge in [0, 0.05) is 19.0 Å². The van der Waals surface area contributed by atoms with E-state index < -0.39 is 17.8 Å². The number of carbonyl (C=O) groups excluding carboxylic acids is 1. The lowest BCUT2D eigenvalue weighted by atomic mass is 9.86. The number of carbonyl (C=O) groups is 2. The van der Waals surface area contributed by atoms with Crippen LogP contribution in [-0.4, -0.2) is 30.1 Å². The standard InChI is InChI=1S/C13H15ClN2O3/c1-7(13(18)19)8-5-16(6-8)10-4-2-3-9(14)11(10)12(15)17/h2-4,7-8H,5-6H2,1H3,(H2,15,17)(H,18,19). The molecule has 1 aromatic carbocycles. The van der Waals surface area contributed by atoms with Crippen LogP contribution in [0, 0.1) is 11.8 Å². The first-order valence-electron chi connectivity index (χ1n) is 5.98. The van der Waals surface area contributed by atoms with Gasteiger partial charge in [-0.15, -0.1) is 0 Å². The minimum Gasteiger partial charge on any atom is -0.481 e. The Morgan fingerprint density at radius 2 is 2.11 bits per heavy atom. The van der Waals surface area contributed by atoms with Crippen LogP contribution in [0.2, 0.25) is 5.02 Å². The highest BCUT2D eigenvalue weighted by Crippen LogP contribution is 2.34. The zero-order valence-corrected chi connectivity index (χ0v) is 11.2. The molecule has 5 nitrogen and oxygen atoms in total. The summed E-state index contributed by atoms with van der Waals surface area (Å²) in [5, 5.41) is 9.27. The number of hydrogen-bond donors (Lipinski definition) is 2. The van der Waals surface area contributed by atoms with Crippen LogP contribution in [0.3, 0.4) is 0 Å². The Morgan fingerprint density at radius 3 is 2.63 bits per heavy atom. The van der Waals surface area contributed by atoms with Crippen molar-refractivity contribution in [2.24, 2.45) is 17.6 Å². The van der Waals surface area contributed by atoms with E-state index in [2.05, 4.69) is 0 Å². The van der Waals surface area contributed by atoms with E-state index in [0.29, 0.717) is 29.4 Å². The number of nitrogens with zero attached hydrogens (tertiary/aromatic N) is 1. The molecule has 1 atom stereocenters. The van der Waals surface area contributed by atoms with Crippen LogP contribution in [0.5, 0.6) is 0 Å². The van der Waals surface area contributed by atoms with Gasteiger partial charge in [0.2, 0.25) is 0 Å². The van der Waals surface area contributed by atoms with Gasteiger partial charge in [0.25, 0.3) is 5.91 Å². The molecule has 1 amide bonds. The van der Waals surface area contributed by atoms with E-state index in [-0.39, 0.29) is 5.92 Å². The van der Waals surface area contributed by atoms with Crippen LogP contribution in [0.25, 0.3) is 0 Å². The van der Waals surface area contributed by atoms with E-state index in [4.69, 9.17) is 22.4 Å². The summed E-state index contributed by atoms with van der Waals surface area (Å²) in [7, 11) is 0. The molecule has 102 valence electrons. The minimum atomic E-state index is -0.800. The molecular weight excluding hydrogens is 268 g/mol. The molecule has 0 saturated carbocycles. The molecule has 1 heterocycles. The fraction of sp³-hybridized carbons (Fsp3) is 0.385. The molecule has 1 fully saturated rings. The molecule has 1 saturated heterocycles. The maximum atomic E-state index is 11.4. The molecule has 1 unspecified atom stereocenters. The molecule has 1 aromatic rings. The highest BCUT2D eigenvalue weighted by Gasteiger charge is 2.36. The smallest absolute Gasteiger partial charge is 0.306 e. The zero-order chi connectivity index (χ0) is 14.2. The van der Waals surface area contributed by atoms with Gasteiger partial charge in [0.1, 0.15) is 0 Å². The van der Waals surface area contributed by atoms with Gasteiger partial charge in [-0.25, -0.2) is 0 Å². The van der Waals surface area contributed by atoms with Crippen LogP contribution in [0.1, 0.15) is 17.3 Å². The number of carboxylic acid groups (broad SMARTS) is 1. The SMILES string of the molecule is CC(C(=O)O)C1CN(c2cccc(Cl)c2C(N)=O)C1. The number of primary amides is 1. The van der Waals surface area contributed by atoms with Crippen molar-refractivity contribution in [3.05, 3.63) is 28.8 Å². The summed E-state index contributed by atoms with van der Waals surface area (Å²) in [5.74, 6) is -1.69. The summed E-state index contributed by atoms with van der Waals surface area (Å²) in [6.45, 7) is 2.87. The fourth-order valence-corrected chi connectivity index (χ4v) is 2.51. The second-order valence-corrected chi connectivity index (χ2v) is 5.20. The van der Waals surface area contributed by atoms with E-state index in [1.165, 1.54) is 0 Å². The Hall–Kier alpha value is -1.75. The predicted octanol–water partition coefficient (Wildman–Crippen LogP) is 1.60. The number of anilines is 1. The average Bonchev–Trinajstić information content (AvgIpc) is 2.26. The maximum absolute atomic E-state index is 11.4. The molecule has 1 aliphatic heterocycles. The Balaban J connectivity index is 2.16. The quantitative estimate of drug-likeness (QED) is 0.878. The molecule has 6 heteroatoms. The van der Waals surface area contributed by atoms with E-state index in [1.807, 2.05) is 4.90 Å². The van der Waals surface area contributed by atoms with Gasteiger partial charge in [0.05, 0.1) is 22.2 Å². The topological polar surface area (TPSA) is 83.6 Å². The van der Waals surface area contributed by atoms with E-state index in [0.717, 1.165) is 0 Å². The lowest BCUT2D eigenvalue weighted by Crippen LogP contribution is -2.51. The maximum Gasteiger partial charge on any atom is 0.306 e. The third-order valence-electron chi connectivity index (χ3n) is 3.59. The van der Waals surface area contributed by atoms with E-state index in [1.54, 1.807) is 25.1 Å². The summed E-state index contributed by atoms with van der Waals surface area (Å²) in [5.41, 5.74) is 6.30. The summed E-state index contributed by atoms with van der Waals surface area (Å²) < 4.78 is 0. The highest BCUT2D eigenvalue weighted by atomic mass is 35.5. The van der Waals surface area contributed by atoms with Gasteiger partial charge < -0.3 is 15.7 Å². The van der Waals surface area contributed by atoms with Crippen molar-refractivity contribution in [3.8, 4) is 0 Å². The first kappa shape index (κ1) is 13.7. The van der Waals surface area contributed by atoms with Gasteiger partial charge in [-0.05, 0) is 12.1 Å². The van der Waals surface area contributed by atoms with E-state index >= 15 is 0 Å². The van der Waals surface area contributed by atoms with Crippen molar-refractivity contribution in [1.82, 2.24) is 0 Å². The van der Waals surface area contributed by atoms with Crippen molar-refractivity contribution in [2.75, 3.05) is 18.0 Å². The molecule has 19 heavy (non-hydrogen) atoms. The van der Waals surface area contributed by atoms with Gasteiger partial charge in [-0.2, -0.15) is 0 Å². The van der Waals surface area contributed by atoms with Gasteiger partial charge in [-0.1, -0.05) is 24.6 Å². The largest absolute Gasteiger partial charge is 0.481 e. The van der Waals surface area contributed by atoms with Crippen molar-refractivity contribution < 1.29 is 14.7 Å². The summed E-state index contributed by atoms with van der Waals surface area (Å²) in [6, 6.07) is 5.13. The van der Waals surface area contributed by atoms with Crippen LogP contribution >= 0.6 is 11.6 Å². The van der Waals surface area contributed by atoms with Gasteiger partial charge in [0.15, 0.2) is 0 Å². The molecule has 0 spiro atoms. The number of halogens is 1. The highest BCUT2D eigenvalue weighted by molar-refractivity contribution is 6.34. The lowest BCUT2D eigenvalue weighted by molar-refractivity contribution is -0.143. The molecule has 1 aliphatic rings. The average molecular weight is 283 g/mol. The monoisotopic (exact) mass is 282 g/mol. The van der Waals surface area contributed by atoms with Crippen molar-refractivity contribution in [2.45, 2.75) is 6.92 Å². The lowest BCUT2D eigenvalue weighted by Gasteiger charge is -2.43. The second-order valence-electron chi connectivity index (χ2n) is 4.79. The molecule has 0 aliphatic carbocycles. The molecular formula is C13H15ClN2O3. The Morgan fingerprint density at radius 1 is 1.47 bits per heavy atom. The van der Waals surface area contributed by atoms with Crippen molar-refractivity contribution >= 4 is 29.2 Å². The van der Waals surface area contributed by atoms with Crippen molar-refractivity contribution in [3.63, 3.8) is 0 Å². The fourth-order valence-electron chi connectivity index (χ4n) is 2.25. The molecule has 0 radical (unpaired) electrons. The molecule has 0 aromatic heterocycles. The first-order valence-corrected chi connectivity index (χ1v) is 6.35. The van der Waals surface area contributed by atoms with Crippen molar-refractivity contribution in [1.29, 1.82) is 0 Å². The number of benzene rings is 1. The number of rotatable bonds is 4. The van der Waals surface area contributed by atoms with Crippen LogP contribution in [0.15, 0.2) is 18.2 Å². The Kier molecular flexibility index (Phi) is 3.66. The molecule has 2 rings (SSSR count). The Labute approximate surface area is 116 Å². The Bertz CT molecular complexity index is 527. The normalized spacial score (nSPS) is 16.8. The number of hydrogen-bond acceptors (Lipinski definition) is 3. The van der Waals surface area contributed by atoms with Crippen LogP contribution < -0.4 is 10.6 Å². The van der Waals surface area contributed by atoms with Gasteiger partial charge >= 0.3 is 5.97 Å². The molecule has 0 bridgehead atoms. The van der Waals surface area contributed by atoms with Gasteiger partial charge in [-0.3, -0.25) is 9.59 Å². The minimum absolute atomic E-state index is 0.0807. The summed E-state index contributed by atoms with van der Waals surface area (Å²) in [4.78, 5) is 24.2. The third kappa shape index (κ3) is 2.51. The molecule has 3 N–H and O–H groups in total. The summed E-state index contributed by atoms with van der Waals surface area (Å²) >= 11 is 5.98. The van der Waals surface area contributed by atoms with E-state index in [9.17, 15) is 9.59 Å². The zero-order valence-electron chi connectivity index (χ0n) is 10.5. The number of nitrogens with two attached hydrogens (primary N) is 1. The van der Waals surface area contributed by atoms with Crippen LogP contribution in [0.4, 0.5) is 5.69 Å². The first-order chi connectivity index (χ1) is 8.91. The third-order valence-corrected chi connectivity index (χ3v) is 3.90. The van der Waals surface area contributed by atoms with Crippen LogP contribution in [-0.2, 0) is 4.79 Å². The number of aliphatic carboxylic acids is 1. The number of carboxylic acids is 1. The second kappa shape index (κ2) is 5.09. The number of amides is 1. The predicted molar refractivity (Wildman–Crippen MR) is 72.5 cm³/mol. The summed E-state index contributed by atoms with van der Waals surface area (Å²) in [6.07, 6.45) is 0.